The number of hydrogen-bond acceptors (Lipinski definition) is 6. The van der Waals surface area contributed by atoms with Gasteiger partial charge in [0.2, 0.25) is 16.9 Å². The van der Waals surface area contributed by atoms with Gasteiger partial charge >= 0.3 is 0 Å². The molecule has 0 saturated carbocycles. The number of amides is 1. The summed E-state index contributed by atoms with van der Waals surface area (Å²) in [4.78, 5) is 12.2. The Balaban J connectivity index is 1.42. The Labute approximate surface area is 181 Å². The molecule has 4 aromatic rings. The predicted molar refractivity (Wildman–Crippen MR) is 119 cm³/mol. The lowest BCUT2D eigenvalue weighted by atomic mass is 10.1. The Morgan fingerprint density at radius 3 is 2.77 bits per heavy atom. The van der Waals surface area contributed by atoms with Crippen molar-refractivity contribution in [2.75, 3.05) is 16.9 Å². The average Bonchev–Trinajstić information content (AvgIpc) is 3.34. The van der Waals surface area contributed by atoms with E-state index in [0.717, 1.165) is 11.3 Å². The molecule has 2 aromatic heterocycles. The highest BCUT2D eigenvalue weighted by Crippen LogP contribution is 2.25. The lowest BCUT2D eigenvalue weighted by Gasteiger charge is -2.05. The molecule has 10 heteroatoms. The highest BCUT2D eigenvalue weighted by molar-refractivity contribution is 7.99. The Morgan fingerprint density at radius 2 is 2.00 bits per heavy atom. The summed E-state index contributed by atoms with van der Waals surface area (Å²) in [5, 5.41) is 19.2. The number of nitrogens with one attached hydrogen (secondary N) is 2. The van der Waals surface area contributed by atoms with E-state index in [1.54, 1.807) is 24.3 Å². The highest BCUT2D eigenvalue weighted by Gasteiger charge is 2.16. The fourth-order valence-corrected chi connectivity index (χ4v) is 3.61. The molecule has 152 valence electrons. The van der Waals surface area contributed by atoms with Gasteiger partial charge in [-0.2, -0.15) is 5.10 Å². The van der Waals surface area contributed by atoms with Gasteiger partial charge in [0, 0.05) is 16.3 Å². The molecule has 0 saturated heterocycles. The molecule has 0 fully saturated rings. The number of carbonyl (C=O) groups is 1. The number of aryl methyl sites for hydroxylation is 1. The molecule has 2 aromatic carbocycles. The Bertz CT molecular complexity index is 1190. The number of rotatable bonds is 6. The molecule has 0 unspecified atom stereocenters. The third-order valence-corrected chi connectivity index (χ3v) is 5.45. The zero-order chi connectivity index (χ0) is 21.1. The van der Waals surface area contributed by atoms with E-state index in [4.69, 9.17) is 17.4 Å². The second kappa shape index (κ2) is 8.60. The lowest BCUT2D eigenvalue weighted by molar-refractivity contribution is -0.113. The lowest BCUT2D eigenvalue weighted by Crippen LogP contribution is -2.16. The van der Waals surface area contributed by atoms with Gasteiger partial charge in [-0.1, -0.05) is 59.3 Å². The summed E-state index contributed by atoms with van der Waals surface area (Å²) in [5.41, 5.74) is 4.21. The van der Waals surface area contributed by atoms with Crippen molar-refractivity contribution < 1.29 is 4.79 Å². The number of hydrogen-bond donors (Lipinski definition) is 3. The van der Waals surface area contributed by atoms with E-state index < -0.39 is 0 Å². The fraction of sp³-hybridized carbons (Fsp3) is 0.100. The van der Waals surface area contributed by atoms with Crippen molar-refractivity contribution in [2.45, 2.75) is 12.1 Å². The number of carbonyl (C=O) groups excluding carboxylic acids is 1. The third-order valence-electron chi connectivity index (χ3n) is 4.27. The van der Waals surface area contributed by atoms with E-state index >= 15 is 0 Å². The van der Waals surface area contributed by atoms with Crippen LogP contribution in [0, 0.1) is 6.92 Å². The molecule has 0 atom stereocenters. The second-order valence-corrected chi connectivity index (χ2v) is 7.94. The minimum Gasteiger partial charge on any atom is -0.335 e. The van der Waals surface area contributed by atoms with Crippen molar-refractivity contribution in [3.63, 3.8) is 0 Å². The molecule has 0 bridgehead atoms. The van der Waals surface area contributed by atoms with Crippen molar-refractivity contribution in [1.29, 1.82) is 0 Å². The van der Waals surface area contributed by atoms with Crippen LogP contribution in [0.15, 0.2) is 59.8 Å². The maximum Gasteiger partial charge on any atom is 0.234 e. The minimum atomic E-state index is -0.199. The Hall–Kier alpha value is -3.30. The molecule has 0 aliphatic carbocycles. The summed E-state index contributed by atoms with van der Waals surface area (Å²) in [5.74, 6) is 6.49. The average molecular weight is 440 g/mol. The first kappa shape index (κ1) is 20.0. The van der Waals surface area contributed by atoms with Gasteiger partial charge in [-0.25, -0.2) is 4.68 Å². The molecule has 4 N–H and O–H groups in total. The van der Waals surface area contributed by atoms with E-state index in [9.17, 15) is 4.79 Å². The number of thioether (sulfide) groups is 1. The maximum atomic E-state index is 12.2. The van der Waals surface area contributed by atoms with Crippen molar-refractivity contribution in [3.8, 4) is 22.8 Å². The van der Waals surface area contributed by atoms with E-state index in [1.165, 1.54) is 22.0 Å². The zero-order valence-corrected chi connectivity index (χ0v) is 17.5. The van der Waals surface area contributed by atoms with Crippen molar-refractivity contribution >= 4 is 35.0 Å². The number of benzene rings is 2. The number of aromatic nitrogens is 5. The molecule has 2 heterocycles. The maximum absolute atomic E-state index is 12.2. The van der Waals surface area contributed by atoms with E-state index in [2.05, 4.69) is 25.7 Å². The van der Waals surface area contributed by atoms with Gasteiger partial charge in [0.25, 0.3) is 0 Å². The normalized spacial score (nSPS) is 10.9. The third kappa shape index (κ3) is 4.47. The largest absolute Gasteiger partial charge is 0.335 e. The van der Waals surface area contributed by atoms with Crippen molar-refractivity contribution in [3.05, 3.63) is 65.2 Å². The van der Waals surface area contributed by atoms with Crippen LogP contribution in [0.2, 0.25) is 5.02 Å². The molecule has 0 aliphatic rings. The summed E-state index contributed by atoms with van der Waals surface area (Å²) in [6.45, 7) is 2.03. The quantitative estimate of drug-likeness (QED) is 0.311. The van der Waals surface area contributed by atoms with Crippen LogP contribution in [0.25, 0.3) is 22.8 Å². The van der Waals surface area contributed by atoms with Gasteiger partial charge in [0.05, 0.1) is 11.4 Å². The Kier molecular flexibility index (Phi) is 5.73. The van der Waals surface area contributed by atoms with Crippen LogP contribution in [0.3, 0.4) is 0 Å². The molecule has 4 rings (SSSR count). The number of aromatic amines is 1. The van der Waals surface area contributed by atoms with Crippen LogP contribution in [0.1, 0.15) is 5.56 Å². The first-order valence-corrected chi connectivity index (χ1v) is 10.4. The Morgan fingerprint density at radius 1 is 1.20 bits per heavy atom. The number of anilines is 1. The van der Waals surface area contributed by atoms with Crippen LogP contribution in [-0.4, -0.2) is 36.7 Å². The van der Waals surface area contributed by atoms with Crippen molar-refractivity contribution in [2.24, 2.45) is 0 Å². The van der Waals surface area contributed by atoms with E-state index in [0.29, 0.717) is 27.4 Å². The summed E-state index contributed by atoms with van der Waals surface area (Å²) in [6, 6.07) is 16.9. The number of nitrogens with two attached hydrogens (primary N) is 1. The van der Waals surface area contributed by atoms with E-state index in [-0.39, 0.29) is 11.7 Å². The number of H-pyrrole nitrogens is 1. The first-order chi connectivity index (χ1) is 14.5. The van der Waals surface area contributed by atoms with Crippen LogP contribution in [0.4, 0.5) is 5.69 Å². The molecular weight excluding hydrogens is 422 g/mol. The van der Waals surface area contributed by atoms with Gasteiger partial charge in [0.1, 0.15) is 5.69 Å². The van der Waals surface area contributed by atoms with Gasteiger partial charge in [0.15, 0.2) is 0 Å². The van der Waals surface area contributed by atoms with Gasteiger partial charge < -0.3 is 11.2 Å². The summed E-state index contributed by atoms with van der Waals surface area (Å²) < 4.78 is 1.34. The second-order valence-electron chi connectivity index (χ2n) is 6.56. The molecule has 1 amide bonds. The topological polar surface area (TPSA) is 115 Å². The summed E-state index contributed by atoms with van der Waals surface area (Å²) in [6.07, 6.45) is 0. The van der Waals surface area contributed by atoms with Crippen LogP contribution in [-0.2, 0) is 4.79 Å². The predicted octanol–water partition coefficient (Wildman–Crippen LogP) is 3.74. The SMILES string of the molecule is Cc1ccc(-c2cc(-c3nnc(SCC(=O)Nc4cccc(Cl)c4)n3N)[nH]n2)cc1. The van der Waals surface area contributed by atoms with E-state index in [1.807, 2.05) is 37.3 Å². The summed E-state index contributed by atoms with van der Waals surface area (Å²) >= 11 is 7.11. The smallest absolute Gasteiger partial charge is 0.234 e. The van der Waals surface area contributed by atoms with Crippen LogP contribution >= 0.6 is 23.4 Å². The molecular formula is C20H18ClN7OS. The molecule has 0 spiro atoms. The molecule has 8 nitrogen and oxygen atoms in total. The molecule has 30 heavy (non-hydrogen) atoms. The van der Waals surface area contributed by atoms with Crippen LogP contribution in [0.5, 0.6) is 0 Å². The zero-order valence-electron chi connectivity index (χ0n) is 16.0. The van der Waals surface area contributed by atoms with Crippen LogP contribution < -0.4 is 11.2 Å². The number of halogens is 1. The first-order valence-electron chi connectivity index (χ1n) is 9.01. The minimum absolute atomic E-state index is 0.124. The van der Waals surface area contributed by atoms with Gasteiger partial charge in [-0.15, -0.1) is 10.2 Å². The molecule has 0 aliphatic heterocycles. The van der Waals surface area contributed by atoms with Gasteiger partial charge in [-0.05, 0) is 31.2 Å². The standard InChI is InChI=1S/C20H18ClN7OS/c1-12-5-7-13(8-6-12)16-10-17(25-24-16)19-26-27-20(28(19)22)30-11-18(29)23-15-4-2-3-14(21)9-15/h2-10H,11,22H2,1H3,(H,23,29)(H,24,25). The number of nitrogens with zero attached hydrogens (tertiary/aromatic N) is 4. The van der Waals surface area contributed by atoms with Gasteiger partial charge in [-0.3, -0.25) is 9.89 Å². The number of nitrogen functional groups attached to an aromatic ring is 1. The highest BCUT2D eigenvalue weighted by atomic mass is 35.5. The molecule has 0 radical (unpaired) electrons. The summed E-state index contributed by atoms with van der Waals surface area (Å²) in [7, 11) is 0. The van der Waals surface area contributed by atoms with Crippen molar-refractivity contribution in [1.82, 2.24) is 25.1 Å². The fourth-order valence-electron chi connectivity index (χ4n) is 2.76. The monoisotopic (exact) mass is 439 g/mol.